The molecular formula is C15H12BrCl2NO. The van der Waals surface area contributed by atoms with Gasteiger partial charge in [0.25, 0.3) is 0 Å². The van der Waals surface area contributed by atoms with Crippen molar-refractivity contribution in [1.29, 1.82) is 0 Å². The lowest BCUT2D eigenvalue weighted by Crippen LogP contribution is -2.24. The summed E-state index contributed by atoms with van der Waals surface area (Å²) >= 11 is 15.7. The van der Waals surface area contributed by atoms with Crippen molar-refractivity contribution >= 4 is 39.1 Å². The average Bonchev–Trinajstić information content (AvgIpc) is 2.42. The van der Waals surface area contributed by atoms with Gasteiger partial charge in [0.05, 0.1) is 0 Å². The first kappa shape index (κ1) is 14.2. The minimum Gasteiger partial charge on any atom is -0.485 e. The van der Waals surface area contributed by atoms with E-state index in [4.69, 9.17) is 33.7 Å². The van der Waals surface area contributed by atoms with E-state index in [1.807, 2.05) is 30.3 Å². The van der Waals surface area contributed by atoms with Gasteiger partial charge >= 0.3 is 0 Å². The summed E-state index contributed by atoms with van der Waals surface area (Å²) in [5, 5.41) is 1.35. The van der Waals surface area contributed by atoms with Gasteiger partial charge in [-0.15, -0.1) is 0 Å². The first-order chi connectivity index (χ1) is 9.54. The highest BCUT2D eigenvalue weighted by Crippen LogP contribution is 2.42. The van der Waals surface area contributed by atoms with E-state index >= 15 is 0 Å². The number of nitrogens with two attached hydrogens (primary N) is 1. The van der Waals surface area contributed by atoms with Crippen molar-refractivity contribution in [2.75, 3.05) is 0 Å². The molecular weight excluding hydrogens is 361 g/mol. The number of benzene rings is 2. The zero-order valence-corrected chi connectivity index (χ0v) is 13.5. The molecule has 104 valence electrons. The van der Waals surface area contributed by atoms with Gasteiger partial charge in [-0.05, 0) is 36.4 Å². The summed E-state index contributed by atoms with van der Waals surface area (Å²) < 4.78 is 7.00. The molecule has 0 aliphatic carbocycles. The lowest BCUT2D eigenvalue weighted by Gasteiger charge is -2.31. The van der Waals surface area contributed by atoms with E-state index in [9.17, 15) is 0 Å². The smallest absolute Gasteiger partial charge is 0.127 e. The monoisotopic (exact) mass is 371 g/mol. The average molecular weight is 373 g/mol. The fourth-order valence-electron chi connectivity index (χ4n) is 2.43. The molecule has 0 saturated heterocycles. The Kier molecular flexibility index (Phi) is 3.95. The van der Waals surface area contributed by atoms with Gasteiger partial charge in [0, 0.05) is 38.1 Å². The molecule has 2 nitrogen and oxygen atoms in total. The van der Waals surface area contributed by atoms with E-state index < -0.39 is 0 Å². The molecule has 20 heavy (non-hydrogen) atoms. The quantitative estimate of drug-likeness (QED) is 0.738. The fraction of sp³-hybridized carbons (Fsp3) is 0.200. The van der Waals surface area contributed by atoms with Crippen LogP contribution in [0.3, 0.4) is 0 Å². The molecule has 0 aromatic heterocycles. The highest BCUT2D eigenvalue weighted by Gasteiger charge is 2.28. The van der Waals surface area contributed by atoms with E-state index in [2.05, 4.69) is 15.9 Å². The Labute approximate surface area is 136 Å². The predicted molar refractivity (Wildman–Crippen MR) is 85.5 cm³/mol. The van der Waals surface area contributed by atoms with Gasteiger partial charge in [-0.25, -0.2) is 0 Å². The highest BCUT2D eigenvalue weighted by molar-refractivity contribution is 9.10. The molecule has 2 unspecified atom stereocenters. The van der Waals surface area contributed by atoms with Gasteiger partial charge in [-0.2, -0.15) is 0 Å². The van der Waals surface area contributed by atoms with Crippen LogP contribution in [0.25, 0.3) is 0 Å². The molecule has 2 aromatic carbocycles. The second-order valence-electron chi connectivity index (χ2n) is 4.80. The van der Waals surface area contributed by atoms with Crippen LogP contribution in [0.1, 0.15) is 29.7 Å². The summed E-state index contributed by atoms with van der Waals surface area (Å²) in [6, 6.07) is 11.1. The fourth-order valence-corrected chi connectivity index (χ4v) is 3.23. The maximum atomic E-state index is 6.27. The van der Waals surface area contributed by atoms with Crippen LogP contribution < -0.4 is 10.5 Å². The molecule has 2 atom stereocenters. The maximum absolute atomic E-state index is 6.27. The molecule has 2 N–H and O–H groups in total. The number of hydrogen-bond donors (Lipinski definition) is 1. The lowest BCUT2D eigenvalue weighted by atomic mass is 9.93. The van der Waals surface area contributed by atoms with Crippen molar-refractivity contribution in [3.8, 4) is 5.75 Å². The van der Waals surface area contributed by atoms with E-state index in [0.717, 1.165) is 21.3 Å². The summed E-state index contributed by atoms with van der Waals surface area (Å²) in [6.45, 7) is 0. The maximum Gasteiger partial charge on any atom is 0.127 e. The highest BCUT2D eigenvalue weighted by atomic mass is 79.9. The molecule has 0 saturated carbocycles. The number of ether oxygens (including phenoxy) is 1. The molecule has 0 fully saturated rings. The summed E-state index contributed by atoms with van der Waals surface area (Å²) in [7, 11) is 0. The Morgan fingerprint density at radius 2 is 1.90 bits per heavy atom. The number of halogens is 3. The first-order valence-electron chi connectivity index (χ1n) is 6.21. The Bertz CT molecular complexity index is 662. The van der Waals surface area contributed by atoms with Gasteiger partial charge in [-0.1, -0.05) is 39.1 Å². The van der Waals surface area contributed by atoms with Crippen molar-refractivity contribution < 1.29 is 4.74 Å². The van der Waals surface area contributed by atoms with Crippen LogP contribution in [0.4, 0.5) is 0 Å². The summed E-state index contributed by atoms with van der Waals surface area (Å²) in [5.74, 6) is 0.772. The second-order valence-corrected chi connectivity index (χ2v) is 6.56. The van der Waals surface area contributed by atoms with Crippen molar-refractivity contribution in [2.45, 2.75) is 18.6 Å². The topological polar surface area (TPSA) is 35.2 Å². The lowest BCUT2D eigenvalue weighted by molar-refractivity contribution is 0.161. The molecule has 0 bridgehead atoms. The molecule has 2 aromatic rings. The Morgan fingerprint density at radius 3 is 2.70 bits per heavy atom. The summed E-state index contributed by atoms with van der Waals surface area (Å²) in [4.78, 5) is 0. The van der Waals surface area contributed by atoms with Crippen LogP contribution in [-0.2, 0) is 0 Å². The largest absolute Gasteiger partial charge is 0.485 e. The molecule has 1 aliphatic heterocycles. The minimum absolute atomic E-state index is 0.113. The standard InChI is InChI=1S/C15H12BrCl2NO/c16-8-1-3-12(18)10(5-8)15-7-13(19)11-6-9(17)2-4-14(11)20-15/h1-6,13,15H,7,19H2. The Balaban J connectivity index is 1.99. The number of fused-ring (bicyclic) bond motifs is 1. The van der Waals surface area contributed by atoms with Gasteiger partial charge < -0.3 is 10.5 Å². The molecule has 0 radical (unpaired) electrons. The van der Waals surface area contributed by atoms with Crippen LogP contribution in [0.5, 0.6) is 5.75 Å². The normalized spacial score (nSPS) is 21.2. The zero-order valence-electron chi connectivity index (χ0n) is 10.4. The second kappa shape index (κ2) is 5.57. The van der Waals surface area contributed by atoms with Crippen molar-refractivity contribution in [3.63, 3.8) is 0 Å². The van der Waals surface area contributed by atoms with Crippen LogP contribution in [0, 0.1) is 0 Å². The molecule has 5 heteroatoms. The van der Waals surface area contributed by atoms with Gasteiger partial charge in [0.2, 0.25) is 0 Å². The summed E-state index contributed by atoms with van der Waals surface area (Å²) in [5.41, 5.74) is 8.12. The Morgan fingerprint density at radius 1 is 1.10 bits per heavy atom. The van der Waals surface area contributed by atoms with Crippen molar-refractivity contribution in [3.05, 3.63) is 62.0 Å². The van der Waals surface area contributed by atoms with Gasteiger partial charge in [-0.3, -0.25) is 0 Å². The molecule has 0 amide bonds. The first-order valence-corrected chi connectivity index (χ1v) is 7.76. The third-order valence-corrected chi connectivity index (χ3v) is 4.49. The van der Waals surface area contributed by atoms with Crippen LogP contribution >= 0.6 is 39.1 Å². The van der Waals surface area contributed by atoms with Gasteiger partial charge in [0.15, 0.2) is 0 Å². The van der Waals surface area contributed by atoms with Crippen LogP contribution in [0.2, 0.25) is 10.0 Å². The molecule has 3 rings (SSSR count). The molecule has 1 aliphatic rings. The van der Waals surface area contributed by atoms with E-state index in [1.165, 1.54) is 0 Å². The van der Waals surface area contributed by atoms with Crippen LogP contribution in [0.15, 0.2) is 40.9 Å². The predicted octanol–water partition coefficient (Wildman–Crippen LogP) is 5.28. The SMILES string of the molecule is NC1CC(c2cc(Br)ccc2Cl)Oc2ccc(Cl)cc21. The van der Waals surface area contributed by atoms with E-state index in [1.54, 1.807) is 6.07 Å². The third-order valence-electron chi connectivity index (χ3n) is 3.41. The Hall–Kier alpha value is -0.740. The van der Waals surface area contributed by atoms with E-state index in [-0.39, 0.29) is 12.1 Å². The summed E-state index contributed by atoms with van der Waals surface area (Å²) in [6.07, 6.45) is 0.521. The number of rotatable bonds is 1. The van der Waals surface area contributed by atoms with E-state index in [0.29, 0.717) is 16.5 Å². The zero-order chi connectivity index (χ0) is 14.3. The van der Waals surface area contributed by atoms with Crippen LogP contribution in [-0.4, -0.2) is 0 Å². The molecule has 1 heterocycles. The third kappa shape index (κ3) is 2.68. The molecule has 0 spiro atoms. The minimum atomic E-state index is -0.149. The number of hydrogen-bond acceptors (Lipinski definition) is 2. The van der Waals surface area contributed by atoms with Crippen molar-refractivity contribution in [2.24, 2.45) is 5.73 Å². The van der Waals surface area contributed by atoms with Crippen molar-refractivity contribution in [1.82, 2.24) is 0 Å². The van der Waals surface area contributed by atoms with Gasteiger partial charge in [0.1, 0.15) is 11.9 Å².